The van der Waals surface area contributed by atoms with Crippen molar-refractivity contribution in [3.8, 4) is 0 Å². The predicted molar refractivity (Wildman–Crippen MR) is 101 cm³/mol. The van der Waals surface area contributed by atoms with Crippen molar-refractivity contribution in [3.05, 3.63) is 35.9 Å². The van der Waals surface area contributed by atoms with Gasteiger partial charge in [0.1, 0.15) is 0 Å². The molecule has 2 atom stereocenters. The molecule has 1 amide bonds. The van der Waals surface area contributed by atoms with Crippen LogP contribution in [0.2, 0.25) is 0 Å². The number of aliphatic hydroxyl groups is 1. The van der Waals surface area contributed by atoms with E-state index in [-0.39, 0.29) is 5.91 Å². The third kappa shape index (κ3) is 6.10. The Morgan fingerprint density at radius 3 is 2.60 bits per heavy atom. The minimum Gasteiger partial charge on any atom is -0.387 e. The number of amides is 1. The first kappa shape index (κ1) is 19.9. The van der Waals surface area contributed by atoms with Gasteiger partial charge in [-0.05, 0) is 50.8 Å². The van der Waals surface area contributed by atoms with E-state index in [1.165, 1.54) is 0 Å². The number of nitrogens with zero attached hydrogens (tertiary/aromatic N) is 1. The molecule has 4 N–H and O–H groups in total. The second-order valence-electron chi connectivity index (χ2n) is 7.55. The van der Waals surface area contributed by atoms with Crippen LogP contribution in [0.5, 0.6) is 0 Å². The molecular weight excluding hydrogens is 314 g/mol. The van der Waals surface area contributed by atoms with E-state index in [4.69, 9.17) is 5.73 Å². The van der Waals surface area contributed by atoms with Crippen LogP contribution in [0.15, 0.2) is 30.3 Å². The monoisotopic (exact) mass is 347 g/mol. The van der Waals surface area contributed by atoms with E-state index in [1.54, 1.807) is 6.92 Å². The van der Waals surface area contributed by atoms with Gasteiger partial charge in [-0.1, -0.05) is 43.7 Å². The van der Waals surface area contributed by atoms with E-state index in [0.29, 0.717) is 25.4 Å². The lowest BCUT2D eigenvalue weighted by Gasteiger charge is -2.34. The van der Waals surface area contributed by atoms with Gasteiger partial charge in [0.2, 0.25) is 5.91 Å². The number of benzene rings is 1. The molecule has 25 heavy (non-hydrogen) atoms. The van der Waals surface area contributed by atoms with Gasteiger partial charge in [-0.25, -0.2) is 0 Å². The smallest absolute Gasteiger partial charge is 0.239 e. The highest BCUT2D eigenvalue weighted by molar-refractivity contribution is 5.85. The van der Waals surface area contributed by atoms with Crippen molar-refractivity contribution in [2.24, 2.45) is 11.7 Å². The Hall–Kier alpha value is -1.43. The number of nitrogens with two attached hydrogens (primary N) is 1. The maximum Gasteiger partial charge on any atom is 0.239 e. The van der Waals surface area contributed by atoms with Crippen molar-refractivity contribution in [1.82, 2.24) is 10.2 Å². The van der Waals surface area contributed by atoms with Gasteiger partial charge in [0, 0.05) is 13.1 Å². The van der Waals surface area contributed by atoms with Crippen molar-refractivity contribution in [2.45, 2.75) is 51.2 Å². The molecule has 2 unspecified atom stereocenters. The summed E-state index contributed by atoms with van der Waals surface area (Å²) in [5.74, 6) is 0.447. The number of carbonyl (C=O) groups excluding carboxylic acids is 1. The van der Waals surface area contributed by atoms with E-state index in [9.17, 15) is 9.90 Å². The number of hydrogen-bond donors (Lipinski definition) is 3. The van der Waals surface area contributed by atoms with Crippen molar-refractivity contribution in [1.29, 1.82) is 0 Å². The molecule has 0 spiro atoms. The maximum absolute atomic E-state index is 12.2. The molecule has 140 valence electrons. The summed E-state index contributed by atoms with van der Waals surface area (Å²) in [6, 6.07) is 9.80. The van der Waals surface area contributed by atoms with Crippen LogP contribution in [0.4, 0.5) is 0 Å². The van der Waals surface area contributed by atoms with Crippen LogP contribution in [0.3, 0.4) is 0 Å². The quantitative estimate of drug-likeness (QED) is 0.673. The summed E-state index contributed by atoms with van der Waals surface area (Å²) >= 11 is 0. The van der Waals surface area contributed by atoms with E-state index in [1.807, 2.05) is 37.3 Å². The van der Waals surface area contributed by atoms with Crippen LogP contribution in [-0.4, -0.2) is 47.6 Å². The second-order valence-corrected chi connectivity index (χ2v) is 7.55. The summed E-state index contributed by atoms with van der Waals surface area (Å²) in [6.45, 7) is 7.13. The molecule has 0 aromatic heterocycles. The van der Waals surface area contributed by atoms with Gasteiger partial charge in [0.25, 0.3) is 0 Å². The lowest BCUT2D eigenvalue weighted by atomic mass is 9.94. The fourth-order valence-corrected chi connectivity index (χ4v) is 3.47. The van der Waals surface area contributed by atoms with Crippen LogP contribution in [0.1, 0.15) is 51.2 Å². The molecule has 1 aliphatic heterocycles. The van der Waals surface area contributed by atoms with Gasteiger partial charge in [-0.2, -0.15) is 0 Å². The van der Waals surface area contributed by atoms with Crippen molar-refractivity contribution >= 4 is 5.91 Å². The summed E-state index contributed by atoms with van der Waals surface area (Å²) in [5.41, 5.74) is 6.27. The highest BCUT2D eigenvalue weighted by atomic mass is 16.3. The molecule has 1 aromatic carbocycles. The number of nitrogens with one attached hydrogen (secondary N) is 1. The van der Waals surface area contributed by atoms with Crippen LogP contribution < -0.4 is 11.1 Å². The Morgan fingerprint density at radius 2 is 2.00 bits per heavy atom. The van der Waals surface area contributed by atoms with Crippen LogP contribution >= 0.6 is 0 Å². The molecule has 1 saturated heterocycles. The van der Waals surface area contributed by atoms with Crippen LogP contribution in [-0.2, 0) is 4.79 Å². The topological polar surface area (TPSA) is 78.6 Å². The number of aliphatic hydroxyl groups excluding tert-OH is 1. The average Bonchev–Trinajstić information content (AvgIpc) is 2.61. The Morgan fingerprint density at radius 1 is 1.36 bits per heavy atom. The van der Waals surface area contributed by atoms with Crippen LogP contribution in [0.25, 0.3) is 0 Å². The summed E-state index contributed by atoms with van der Waals surface area (Å²) in [7, 11) is 0. The zero-order chi connectivity index (χ0) is 18.3. The molecule has 1 aromatic rings. The van der Waals surface area contributed by atoms with Gasteiger partial charge >= 0.3 is 0 Å². The van der Waals surface area contributed by atoms with E-state index in [0.717, 1.165) is 37.9 Å². The summed E-state index contributed by atoms with van der Waals surface area (Å²) < 4.78 is 0. The van der Waals surface area contributed by atoms with E-state index < -0.39 is 11.6 Å². The largest absolute Gasteiger partial charge is 0.387 e. The number of carbonyl (C=O) groups is 1. The fraction of sp³-hybridized carbons (Fsp3) is 0.650. The normalized spacial score (nSPS) is 20.0. The Bertz CT molecular complexity index is 525. The molecule has 1 aliphatic rings. The minimum atomic E-state index is -0.769. The van der Waals surface area contributed by atoms with Crippen molar-refractivity contribution < 1.29 is 9.90 Å². The maximum atomic E-state index is 12.2. The summed E-state index contributed by atoms with van der Waals surface area (Å²) in [5, 5.41) is 13.4. The third-order valence-corrected chi connectivity index (χ3v) is 5.16. The molecular formula is C20H33N3O2. The first-order valence-electron chi connectivity index (χ1n) is 9.45. The SMILES string of the molecule is CCCC(C)(N)C(=O)NCC1CCN(CC(O)c2ccccc2)CC1. The molecule has 0 bridgehead atoms. The van der Waals surface area contributed by atoms with E-state index in [2.05, 4.69) is 10.2 Å². The highest BCUT2D eigenvalue weighted by Gasteiger charge is 2.28. The molecule has 5 heteroatoms. The zero-order valence-corrected chi connectivity index (χ0v) is 15.6. The second kappa shape index (κ2) is 9.32. The van der Waals surface area contributed by atoms with Crippen LogP contribution in [0, 0.1) is 5.92 Å². The first-order chi connectivity index (χ1) is 11.9. The van der Waals surface area contributed by atoms with Gasteiger partial charge in [-0.3, -0.25) is 4.79 Å². The van der Waals surface area contributed by atoms with Crippen molar-refractivity contribution in [3.63, 3.8) is 0 Å². The zero-order valence-electron chi connectivity index (χ0n) is 15.6. The lowest BCUT2D eigenvalue weighted by molar-refractivity contribution is -0.126. The highest BCUT2D eigenvalue weighted by Crippen LogP contribution is 2.20. The number of β-amino-alcohol motifs (C(OH)–C–C–N with tert-alkyl or cyclic N) is 1. The number of hydrogen-bond acceptors (Lipinski definition) is 4. The molecule has 2 rings (SSSR count). The Labute approximate surface area is 151 Å². The lowest BCUT2D eigenvalue weighted by Crippen LogP contribution is -2.52. The van der Waals surface area contributed by atoms with Gasteiger partial charge in [-0.15, -0.1) is 0 Å². The van der Waals surface area contributed by atoms with Gasteiger partial charge in [0.05, 0.1) is 11.6 Å². The molecule has 5 nitrogen and oxygen atoms in total. The average molecular weight is 348 g/mol. The number of likely N-dealkylation sites (tertiary alicyclic amines) is 1. The predicted octanol–water partition coefficient (Wildman–Crippen LogP) is 2.07. The molecule has 1 heterocycles. The molecule has 0 aliphatic carbocycles. The van der Waals surface area contributed by atoms with E-state index >= 15 is 0 Å². The number of piperidine rings is 1. The van der Waals surface area contributed by atoms with Crippen molar-refractivity contribution in [2.75, 3.05) is 26.2 Å². The minimum absolute atomic E-state index is 0.0451. The number of rotatable bonds is 8. The third-order valence-electron chi connectivity index (χ3n) is 5.16. The first-order valence-corrected chi connectivity index (χ1v) is 9.45. The van der Waals surface area contributed by atoms with Gasteiger partial charge in [0.15, 0.2) is 0 Å². The van der Waals surface area contributed by atoms with Gasteiger partial charge < -0.3 is 21.1 Å². The fourth-order valence-electron chi connectivity index (χ4n) is 3.47. The summed E-state index contributed by atoms with van der Waals surface area (Å²) in [6.07, 6.45) is 3.25. The Balaban J connectivity index is 1.70. The standard InChI is InChI=1S/C20H33N3O2/c1-3-11-20(2,21)19(25)22-14-16-9-12-23(13-10-16)15-18(24)17-7-5-4-6-8-17/h4-8,16,18,24H,3,9-15,21H2,1-2H3,(H,22,25). The molecule has 0 saturated carbocycles. The Kier molecular flexibility index (Phi) is 7.41. The molecule has 0 radical (unpaired) electrons. The molecule has 1 fully saturated rings. The summed E-state index contributed by atoms with van der Waals surface area (Å²) in [4.78, 5) is 14.5.